The number of aromatic nitrogens is 1. The van der Waals surface area contributed by atoms with Gasteiger partial charge in [-0.05, 0) is 36.4 Å². The molecule has 1 amide bonds. The van der Waals surface area contributed by atoms with Gasteiger partial charge in [0, 0.05) is 43.2 Å². The highest BCUT2D eigenvalue weighted by molar-refractivity contribution is 7.09. The molecule has 8 heteroatoms. The fraction of sp³-hybridized carbons (Fsp3) is 0.273. The number of carbonyl (C=O) groups excluding carboxylic acids is 1. The molecule has 5 nitrogen and oxygen atoms in total. The Balaban J connectivity index is 1.33. The van der Waals surface area contributed by atoms with E-state index < -0.39 is 17.5 Å². The average Bonchev–Trinajstić information content (AvgIpc) is 3.22. The number of ether oxygens (including phenoxy) is 1. The van der Waals surface area contributed by atoms with Gasteiger partial charge in [0.1, 0.15) is 22.4 Å². The third kappa shape index (κ3) is 4.49. The Labute approximate surface area is 177 Å². The van der Waals surface area contributed by atoms with Crippen LogP contribution >= 0.6 is 11.3 Å². The minimum Gasteiger partial charge on any atom is -0.497 e. The Morgan fingerprint density at radius 2 is 1.83 bits per heavy atom. The van der Waals surface area contributed by atoms with Crippen molar-refractivity contribution in [2.75, 3.05) is 33.3 Å². The van der Waals surface area contributed by atoms with Crippen molar-refractivity contribution in [1.29, 1.82) is 0 Å². The summed E-state index contributed by atoms with van der Waals surface area (Å²) in [5.74, 6) is -1.10. The van der Waals surface area contributed by atoms with Crippen LogP contribution in [-0.4, -0.2) is 54.0 Å². The first-order chi connectivity index (χ1) is 14.5. The Morgan fingerprint density at radius 3 is 2.50 bits per heavy atom. The maximum atomic E-state index is 13.9. The highest BCUT2D eigenvalue weighted by Gasteiger charge is 2.24. The summed E-state index contributed by atoms with van der Waals surface area (Å²) >= 11 is 1.61. The maximum Gasteiger partial charge on any atom is 0.256 e. The summed E-state index contributed by atoms with van der Waals surface area (Å²) in [6, 6.07) is 10.8. The maximum absolute atomic E-state index is 13.9. The van der Waals surface area contributed by atoms with Crippen LogP contribution in [0.25, 0.3) is 11.3 Å². The molecule has 0 N–H and O–H groups in total. The van der Waals surface area contributed by atoms with Crippen molar-refractivity contribution < 1.29 is 18.3 Å². The number of hydrogen-bond donors (Lipinski definition) is 0. The van der Waals surface area contributed by atoms with Gasteiger partial charge in [0.25, 0.3) is 5.91 Å². The SMILES string of the molecule is COc1ccc(-c2csc(CN3CCN(C(=O)c4ccc(F)cc4F)CC3)n2)cc1. The van der Waals surface area contributed by atoms with Gasteiger partial charge in [-0.1, -0.05) is 0 Å². The molecule has 1 aliphatic rings. The zero-order valence-electron chi connectivity index (χ0n) is 16.5. The third-order valence-corrected chi connectivity index (χ3v) is 5.95. The lowest BCUT2D eigenvalue weighted by molar-refractivity contribution is 0.0624. The molecule has 1 aliphatic heterocycles. The van der Waals surface area contributed by atoms with Crippen molar-refractivity contribution in [3.8, 4) is 17.0 Å². The first kappa shape index (κ1) is 20.4. The summed E-state index contributed by atoms with van der Waals surface area (Å²) in [4.78, 5) is 21.1. The largest absolute Gasteiger partial charge is 0.497 e. The van der Waals surface area contributed by atoms with E-state index in [1.807, 2.05) is 29.6 Å². The normalized spacial score (nSPS) is 14.7. The van der Waals surface area contributed by atoms with Gasteiger partial charge in [0.15, 0.2) is 0 Å². The van der Waals surface area contributed by atoms with Gasteiger partial charge in [-0.2, -0.15) is 0 Å². The number of halogens is 2. The standard InChI is InChI=1S/C22H21F2N3O2S/c1-29-17-5-2-15(3-6-17)20-14-30-21(25-20)13-26-8-10-27(11-9-26)22(28)18-7-4-16(23)12-19(18)24/h2-7,12,14H,8-11,13H2,1H3. The summed E-state index contributed by atoms with van der Waals surface area (Å²) in [6.07, 6.45) is 0. The van der Waals surface area contributed by atoms with Gasteiger partial charge in [-0.15, -0.1) is 11.3 Å². The summed E-state index contributed by atoms with van der Waals surface area (Å²) < 4.78 is 32.2. The van der Waals surface area contributed by atoms with E-state index >= 15 is 0 Å². The molecule has 1 aromatic heterocycles. The Hall–Kier alpha value is -2.84. The van der Waals surface area contributed by atoms with Crippen molar-refractivity contribution in [2.24, 2.45) is 0 Å². The number of hydrogen-bond acceptors (Lipinski definition) is 5. The molecule has 0 atom stereocenters. The molecule has 4 rings (SSSR count). The van der Waals surface area contributed by atoms with Crippen LogP contribution in [0.3, 0.4) is 0 Å². The minimum atomic E-state index is -0.823. The Kier molecular flexibility index (Phi) is 6.06. The molecule has 30 heavy (non-hydrogen) atoms. The van der Waals surface area contributed by atoms with Gasteiger partial charge in [0.05, 0.1) is 24.9 Å². The number of amides is 1. The first-order valence-corrected chi connectivity index (χ1v) is 10.5. The molecule has 0 radical (unpaired) electrons. The third-order valence-electron chi connectivity index (χ3n) is 5.12. The van der Waals surface area contributed by atoms with Crippen molar-refractivity contribution in [2.45, 2.75) is 6.54 Å². The highest BCUT2D eigenvalue weighted by atomic mass is 32.1. The number of carbonyl (C=O) groups is 1. The number of thiazole rings is 1. The molecular formula is C22H21F2N3O2S. The van der Waals surface area contributed by atoms with E-state index in [-0.39, 0.29) is 5.56 Å². The van der Waals surface area contributed by atoms with E-state index in [1.54, 1.807) is 23.3 Å². The first-order valence-electron chi connectivity index (χ1n) is 9.59. The van der Waals surface area contributed by atoms with Crippen LogP contribution < -0.4 is 4.74 Å². The number of rotatable bonds is 5. The van der Waals surface area contributed by atoms with Crippen LogP contribution in [0.2, 0.25) is 0 Å². The highest BCUT2D eigenvalue weighted by Crippen LogP contribution is 2.25. The summed E-state index contributed by atoms with van der Waals surface area (Å²) in [5, 5.41) is 3.04. The molecule has 3 aromatic rings. The predicted octanol–water partition coefficient (Wildman–Crippen LogP) is 4.05. The number of nitrogens with zero attached hydrogens (tertiary/aromatic N) is 3. The van der Waals surface area contributed by atoms with Crippen LogP contribution in [0.1, 0.15) is 15.4 Å². The lowest BCUT2D eigenvalue weighted by Gasteiger charge is -2.34. The molecule has 0 unspecified atom stereocenters. The summed E-state index contributed by atoms with van der Waals surface area (Å²) in [6.45, 7) is 3.03. The quantitative estimate of drug-likeness (QED) is 0.614. The zero-order chi connectivity index (χ0) is 21.1. The van der Waals surface area contributed by atoms with E-state index in [1.165, 1.54) is 6.07 Å². The second-order valence-electron chi connectivity index (χ2n) is 7.05. The van der Waals surface area contributed by atoms with Crippen molar-refractivity contribution in [1.82, 2.24) is 14.8 Å². The molecule has 0 saturated carbocycles. The van der Waals surface area contributed by atoms with Gasteiger partial charge < -0.3 is 9.64 Å². The minimum absolute atomic E-state index is 0.0890. The Morgan fingerprint density at radius 1 is 1.10 bits per heavy atom. The zero-order valence-corrected chi connectivity index (χ0v) is 17.3. The fourth-order valence-corrected chi connectivity index (χ4v) is 4.26. The van der Waals surface area contributed by atoms with Crippen LogP contribution in [0, 0.1) is 11.6 Å². The van der Waals surface area contributed by atoms with Crippen LogP contribution in [-0.2, 0) is 6.54 Å². The lowest BCUT2D eigenvalue weighted by Crippen LogP contribution is -2.48. The van der Waals surface area contributed by atoms with Crippen molar-refractivity contribution in [3.63, 3.8) is 0 Å². The number of piperazine rings is 1. The predicted molar refractivity (Wildman–Crippen MR) is 112 cm³/mol. The number of benzene rings is 2. The lowest BCUT2D eigenvalue weighted by atomic mass is 10.1. The van der Waals surface area contributed by atoms with E-state index in [2.05, 4.69) is 4.90 Å². The van der Waals surface area contributed by atoms with Crippen LogP contribution in [0.15, 0.2) is 47.8 Å². The molecule has 156 valence electrons. The second kappa shape index (κ2) is 8.89. The molecule has 2 aromatic carbocycles. The van der Waals surface area contributed by atoms with Crippen LogP contribution in [0.4, 0.5) is 8.78 Å². The topological polar surface area (TPSA) is 45.7 Å². The molecule has 1 saturated heterocycles. The molecule has 2 heterocycles. The molecular weight excluding hydrogens is 408 g/mol. The molecule has 0 bridgehead atoms. The molecule has 1 fully saturated rings. The molecule has 0 aliphatic carbocycles. The van der Waals surface area contributed by atoms with Gasteiger partial charge in [-0.3, -0.25) is 9.69 Å². The van der Waals surface area contributed by atoms with Gasteiger partial charge in [-0.25, -0.2) is 13.8 Å². The average molecular weight is 429 g/mol. The van der Waals surface area contributed by atoms with E-state index in [0.717, 1.165) is 34.1 Å². The Bertz CT molecular complexity index is 1030. The van der Waals surface area contributed by atoms with Gasteiger partial charge >= 0.3 is 0 Å². The summed E-state index contributed by atoms with van der Waals surface area (Å²) in [5.41, 5.74) is 1.88. The van der Waals surface area contributed by atoms with Crippen molar-refractivity contribution >= 4 is 17.2 Å². The van der Waals surface area contributed by atoms with Crippen LogP contribution in [0.5, 0.6) is 5.75 Å². The van der Waals surface area contributed by atoms with E-state index in [4.69, 9.17) is 9.72 Å². The number of methoxy groups -OCH3 is 1. The second-order valence-corrected chi connectivity index (χ2v) is 7.99. The summed E-state index contributed by atoms with van der Waals surface area (Å²) in [7, 11) is 1.64. The fourth-order valence-electron chi connectivity index (χ4n) is 3.41. The monoisotopic (exact) mass is 429 g/mol. The van der Waals surface area contributed by atoms with E-state index in [0.29, 0.717) is 32.7 Å². The smallest absolute Gasteiger partial charge is 0.256 e. The van der Waals surface area contributed by atoms with Crippen molar-refractivity contribution in [3.05, 3.63) is 70.1 Å². The van der Waals surface area contributed by atoms with E-state index in [9.17, 15) is 13.6 Å². The molecule has 0 spiro atoms. The van der Waals surface area contributed by atoms with Gasteiger partial charge in [0.2, 0.25) is 0 Å².